The highest BCUT2D eigenvalue weighted by molar-refractivity contribution is 6.02. The molecule has 0 aliphatic heterocycles. The lowest BCUT2D eigenvalue weighted by Gasteiger charge is -2.03. The minimum Gasteiger partial charge on any atom is -0.399 e. The molecule has 0 bridgehead atoms. The number of carbonyl (C=O) groups excluding carboxylic acids is 1. The minimum atomic E-state index is -0.225. The lowest BCUT2D eigenvalue weighted by molar-refractivity contribution is 0.102. The number of amides is 1. The average Bonchev–Trinajstić information content (AvgIpc) is 2.74. The van der Waals surface area contributed by atoms with Crippen LogP contribution >= 0.6 is 0 Å². The fraction of sp³-hybridized carbons (Fsp3) is 0. The molecular formula is C10H10N4O. The first-order valence-electron chi connectivity index (χ1n) is 4.42. The van der Waals surface area contributed by atoms with Gasteiger partial charge in [0.1, 0.15) is 5.69 Å². The molecule has 0 atom stereocenters. The van der Waals surface area contributed by atoms with Crippen molar-refractivity contribution >= 4 is 17.3 Å². The lowest BCUT2D eigenvalue weighted by Crippen LogP contribution is -2.12. The number of aromatic nitrogens is 2. The molecule has 1 heterocycles. The van der Waals surface area contributed by atoms with Crippen LogP contribution in [0.25, 0.3) is 0 Å². The van der Waals surface area contributed by atoms with Crippen LogP contribution in [0.2, 0.25) is 0 Å². The number of nitrogens with two attached hydrogens (primary N) is 1. The van der Waals surface area contributed by atoms with E-state index in [2.05, 4.69) is 15.5 Å². The Labute approximate surface area is 86.3 Å². The number of carbonyl (C=O) groups is 1. The fourth-order valence-corrected chi connectivity index (χ4v) is 1.15. The van der Waals surface area contributed by atoms with E-state index < -0.39 is 0 Å². The molecular weight excluding hydrogens is 192 g/mol. The van der Waals surface area contributed by atoms with E-state index in [1.165, 1.54) is 6.20 Å². The zero-order chi connectivity index (χ0) is 10.7. The zero-order valence-corrected chi connectivity index (χ0v) is 7.90. The van der Waals surface area contributed by atoms with Crippen molar-refractivity contribution in [1.29, 1.82) is 0 Å². The molecule has 0 fully saturated rings. The second kappa shape index (κ2) is 3.83. The maximum absolute atomic E-state index is 11.5. The van der Waals surface area contributed by atoms with E-state index in [-0.39, 0.29) is 5.91 Å². The SMILES string of the molecule is Nc1ccc(NC(=O)c2ccn[nH]2)cc1. The number of anilines is 2. The fourth-order valence-electron chi connectivity index (χ4n) is 1.15. The monoisotopic (exact) mass is 202 g/mol. The maximum atomic E-state index is 11.5. The Bertz CT molecular complexity index is 447. The average molecular weight is 202 g/mol. The Hall–Kier alpha value is -2.30. The molecule has 76 valence electrons. The predicted octanol–water partition coefficient (Wildman–Crippen LogP) is 1.24. The lowest BCUT2D eigenvalue weighted by atomic mass is 10.3. The summed E-state index contributed by atoms with van der Waals surface area (Å²) in [7, 11) is 0. The van der Waals surface area contributed by atoms with Crippen LogP contribution in [-0.2, 0) is 0 Å². The number of H-pyrrole nitrogens is 1. The first-order valence-corrected chi connectivity index (χ1v) is 4.42. The van der Waals surface area contributed by atoms with Gasteiger partial charge < -0.3 is 11.1 Å². The molecule has 0 radical (unpaired) electrons. The number of nitrogens with one attached hydrogen (secondary N) is 2. The molecule has 0 saturated heterocycles. The van der Waals surface area contributed by atoms with Gasteiger partial charge in [-0.15, -0.1) is 0 Å². The largest absolute Gasteiger partial charge is 0.399 e. The summed E-state index contributed by atoms with van der Waals surface area (Å²) in [4.78, 5) is 11.5. The molecule has 1 aromatic heterocycles. The Balaban J connectivity index is 2.09. The summed E-state index contributed by atoms with van der Waals surface area (Å²) in [6, 6.07) is 8.53. The van der Waals surface area contributed by atoms with Crippen molar-refractivity contribution in [2.75, 3.05) is 11.1 Å². The highest BCUT2D eigenvalue weighted by Gasteiger charge is 2.06. The number of hydrogen-bond donors (Lipinski definition) is 3. The van der Waals surface area contributed by atoms with Gasteiger partial charge in [-0.05, 0) is 30.3 Å². The number of hydrogen-bond acceptors (Lipinski definition) is 3. The van der Waals surface area contributed by atoms with Crippen LogP contribution in [0, 0.1) is 0 Å². The number of rotatable bonds is 2. The van der Waals surface area contributed by atoms with Gasteiger partial charge in [0.2, 0.25) is 0 Å². The Morgan fingerprint density at radius 3 is 2.60 bits per heavy atom. The molecule has 0 spiro atoms. The third-order valence-electron chi connectivity index (χ3n) is 1.91. The van der Waals surface area contributed by atoms with Gasteiger partial charge in [-0.25, -0.2) is 0 Å². The Morgan fingerprint density at radius 2 is 2.00 bits per heavy atom. The maximum Gasteiger partial charge on any atom is 0.273 e. The zero-order valence-electron chi connectivity index (χ0n) is 7.90. The molecule has 1 amide bonds. The van der Waals surface area contributed by atoms with E-state index in [4.69, 9.17) is 5.73 Å². The quantitative estimate of drug-likeness (QED) is 0.640. The number of nitrogen functional groups attached to an aromatic ring is 1. The van der Waals surface area contributed by atoms with Gasteiger partial charge in [0.05, 0.1) is 0 Å². The number of aromatic amines is 1. The first kappa shape index (κ1) is 9.26. The molecule has 2 rings (SSSR count). The molecule has 2 aromatic rings. The van der Waals surface area contributed by atoms with E-state index in [0.717, 1.165) is 0 Å². The molecule has 4 N–H and O–H groups in total. The molecule has 0 saturated carbocycles. The number of benzene rings is 1. The van der Waals surface area contributed by atoms with Crippen molar-refractivity contribution in [1.82, 2.24) is 10.2 Å². The summed E-state index contributed by atoms with van der Waals surface area (Å²) in [5, 5.41) is 8.98. The summed E-state index contributed by atoms with van der Waals surface area (Å²) in [5.74, 6) is -0.225. The summed E-state index contributed by atoms with van der Waals surface area (Å²) in [6.07, 6.45) is 1.53. The van der Waals surface area contributed by atoms with Crippen LogP contribution in [-0.4, -0.2) is 16.1 Å². The van der Waals surface area contributed by atoms with Crippen molar-refractivity contribution in [3.05, 3.63) is 42.2 Å². The third kappa shape index (κ3) is 2.14. The van der Waals surface area contributed by atoms with Crippen molar-refractivity contribution in [2.45, 2.75) is 0 Å². The predicted molar refractivity (Wildman–Crippen MR) is 57.4 cm³/mol. The van der Waals surface area contributed by atoms with Gasteiger partial charge >= 0.3 is 0 Å². The minimum absolute atomic E-state index is 0.225. The Morgan fingerprint density at radius 1 is 1.27 bits per heavy atom. The molecule has 0 aliphatic carbocycles. The van der Waals surface area contributed by atoms with Gasteiger partial charge in [-0.3, -0.25) is 9.89 Å². The summed E-state index contributed by atoms with van der Waals surface area (Å²) >= 11 is 0. The van der Waals surface area contributed by atoms with Crippen molar-refractivity contribution in [3.8, 4) is 0 Å². The van der Waals surface area contributed by atoms with Crippen LogP contribution in [0.3, 0.4) is 0 Å². The van der Waals surface area contributed by atoms with Gasteiger partial charge in [-0.1, -0.05) is 0 Å². The van der Waals surface area contributed by atoms with E-state index in [0.29, 0.717) is 17.1 Å². The van der Waals surface area contributed by atoms with E-state index in [1.807, 2.05) is 0 Å². The molecule has 15 heavy (non-hydrogen) atoms. The van der Waals surface area contributed by atoms with E-state index in [9.17, 15) is 4.79 Å². The van der Waals surface area contributed by atoms with Crippen LogP contribution < -0.4 is 11.1 Å². The third-order valence-corrected chi connectivity index (χ3v) is 1.91. The molecule has 5 heteroatoms. The molecule has 0 aliphatic rings. The van der Waals surface area contributed by atoms with Crippen LogP contribution in [0.4, 0.5) is 11.4 Å². The normalized spacial score (nSPS) is 9.87. The smallest absolute Gasteiger partial charge is 0.273 e. The van der Waals surface area contributed by atoms with E-state index >= 15 is 0 Å². The Kier molecular flexibility index (Phi) is 2.37. The van der Waals surface area contributed by atoms with Crippen molar-refractivity contribution < 1.29 is 4.79 Å². The van der Waals surface area contributed by atoms with Gasteiger partial charge in [0.15, 0.2) is 0 Å². The van der Waals surface area contributed by atoms with Crippen LogP contribution in [0.15, 0.2) is 36.5 Å². The second-order valence-corrected chi connectivity index (χ2v) is 3.05. The molecule has 5 nitrogen and oxygen atoms in total. The van der Waals surface area contributed by atoms with E-state index in [1.54, 1.807) is 30.3 Å². The summed E-state index contributed by atoms with van der Waals surface area (Å²) in [5.41, 5.74) is 7.31. The number of nitrogens with zero attached hydrogens (tertiary/aromatic N) is 1. The van der Waals surface area contributed by atoms with Crippen LogP contribution in [0.5, 0.6) is 0 Å². The summed E-state index contributed by atoms with van der Waals surface area (Å²) in [6.45, 7) is 0. The van der Waals surface area contributed by atoms with Crippen molar-refractivity contribution in [3.63, 3.8) is 0 Å². The van der Waals surface area contributed by atoms with Crippen molar-refractivity contribution in [2.24, 2.45) is 0 Å². The highest BCUT2D eigenvalue weighted by atomic mass is 16.1. The highest BCUT2D eigenvalue weighted by Crippen LogP contribution is 2.11. The standard InChI is InChI=1S/C10H10N4O/c11-7-1-3-8(4-2-7)13-10(15)9-5-6-12-14-9/h1-6H,11H2,(H,12,14)(H,13,15). The second-order valence-electron chi connectivity index (χ2n) is 3.05. The molecule has 0 unspecified atom stereocenters. The van der Waals surface area contributed by atoms with Crippen LogP contribution in [0.1, 0.15) is 10.5 Å². The molecule has 1 aromatic carbocycles. The first-order chi connectivity index (χ1) is 7.25. The van der Waals surface area contributed by atoms with Gasteiger partial charge in [-0.2, -0.15) is 5.10 Å². The van der Waals surface area contributed by atoms with Gasteiger partial charge in [0, 0.05) is 17.6 Å². The van der Waals surface area contributed by atoms with Gasteiger partial charge in [0.25, 0.3) is 5.91 Å². The topological polar surface area (TPSA) is 83.8 Å². The summed E-state index contributed by atoms with van der Waals surface area (Å²) < 4.78 is 0.